The summed E-state index contributed by atoms with van der Waals surface area (Å²) in [6.07, 6.45) is -2.62. The Balaban J connectivity index is 1.57. The van der Waals surface area contributed by atoms with Crippen LogP contribution in [-0.2, 0) is 22.3 Å². The Kier molecular flexibility index (Phi) is 7.18. The highest BCUT2D eigenvalue weighted by Crippen LogP contribution is 2.30. The second-order valence-corrected chi connectivity index (χ2v) is 7.99. The number of esters is 1. The molecule has 37 heavy (non-hydrogen) atoms. The summed E-state index contributed by atoms with van der Waals surface area (Å²) in [6.45, 7) is 1.96. The number of hydrogen-bond acceptors (Lipinski definition) is 6. The molecular formula is C25H21F4N3O5. The molecule has 2 aromatic heterocycles. The zero-order valence-corrected chi connectivity index (χ0v) is 19.7. The minimum Gasteiger partial charge on any atom is -0.493 e. The Morgan fingerprint density at radius 3 is 2.57 bits per heavy atom. The van der Waals surface area contributed by atoms with E-state index >= 15 is 4.39 Å². The fourth-order valence-corrected chi connectivity index (χ4v) is 3.63. The molecule has 0 saturated heterocycles. The molecule has 0 aliphatic carbocycles. The first kappa shape index (κ1) is 25.7. The van der Waals surface area contributed by atoms with Gasteiger partial charge in [-0.05, 0) is 30.7 Å². The molecule has 0 bridgehead atoms. The van der Waals surface area contributed by atoms with Crippen LogP contribution in [0.1, 0.15) is 23.2 Å². The maximum absolute atomic E-state index is 15.1. The van der Waals surface area contributed by atoms with E-state index in [9.17, 15) is 22.8 Å². The van der Waals surface area contributed by atoms with Crippen LogP contribution >= 0.6 is 0 Å². The van der Waals surface area contributed by atoms with Gasteiger partial charge in [-0.15, -0.1) is 0 Å². The zero-order valence-electron chi connectivity index (χ0n) is 19.7. The van der Waals surface area contributed by atoms with Crippen LogP contribution in [-0.4, -0.2) is 33.6 Å². The molecule has 4 aromatic rings. The van der Waals surface area contributed by atoms with Crippen molar-refractivity contribution in [1.29, 1.82) is 0 Å². The maximum Gasteiger partial charge on any atom is 0.432 e. The van der Waals surface area contributed by atoms with Crippen molar-refractivity contribution < 1.29 is 36.6 Å². The Bertz CT molecular complexity index is 1510. The molecule has 0 atom stereocenters. The number of fused-ring (bicyclic) bond motifs is 1. The van der Waals surface area contributed by atoms with Crippen LogP contribution in [0.3, 0.4) is 0 Å². The van der Waals surface area contributed by atoms with Crippen molar-refractivity contribution >= 4 is 11.7 Å². The molecular weight excluding hydrogens is 498 g/mol. The van der Waals surface area contributed by atoms with Crippen LogP contribution in [0.25, 0.3) is 11.5 Å². The predicted octanol–water partition coefficient (Wildman–Crippen LogP) is 4.47. The van der Waals surface area contributed by atoms with E-state index in [2.05, 4.69) is 9.72 Å². The summed E-state index contributed by atoms with van der Waals surface area (Å²) in [6, 6.07) is 9.38. The van der Waals surface area contributed by atoms with E-state index in [0.717, 1.165) is 28.6 Å². The molecule has 0 N–H and O–H groups in total. The first-order valence-corrected chi connectivity index (χ1v) is 11.0. The number of alkyl halides is 3. The van der Waals surface area contributed by atoms with Gasteiger partial charge in [-0.1, -0.05) is 12.1 Å². The number of ether oxygens (including phenoxy) is 3. The summed E-state index contributed by atoms with van der Waals surface area (Å²) < 4.78 is 72.4. The largest absolute Gasteiger partial charge is 0.493 e. The molecule has 0 aliphatic heterocycles. The number of benzene rings is 2. The molecule has 0 unspecified atom stereocenters. The van der Waals surface area contributed by atoms with Crippen LogP contribution in [0, 0.1) is 12.7 Å². The van der Waals surface area contributed by atoms with Gasteiger partial charge in [-0.25, -0.2) is 13.9 Å². The first-order chi connectivity index (χ1) is 17.6. The van der Waals surface area contributed by atoms with Gasteiger partial charge in [0.1, 0.15) is 23.8 Å². The lowest BCUT2D eigenvalue weighted by Crippen LogP contribution is -2.26. The Morgan fingerprint density at radius 1 is 1.08 bits per heavy atom. The molecule has 2 heterocycles. The van der Waals surface area contributed by atoms with Crippen molar-refractivity contribution in [1.82, 2.24) is 14.0 Å². The lowest BCUT2D eigenvalue weighted by atomic mass is 10.1. The predicted molar refractivity (Wildman–Crippen MR) is 123 cm³/mol. The van der Waals surface area contributed by atoms with Gasteiger partial charge >= 0.3 is 12.1 Å². The van der Waals surface area contributed by atoms with Crippen LogP contribution < -0.4 is 15.0 Å². The number of imidazole rings is 1. The molecule has 2 aromatic carbocycles. The number of carbonyl (C=O) groups is 1. The fourth-order valence-electron chi connectivity index (χ4n) is 3.63. The number of nitrogens with zero attached hydrogens (tertiary/aromatic N) is 3. The minimum atomic E-state index is -4.80. The number of carbonyl (C=O) groups excluding carboxylic acids is 1. The molecule has 0 radical (unpaired) electrons. The van der Waals surface area contributed by atoms with E-state index in [4.69, 9.17) is 9.47 Å². The van der Waals surface area contributed by atoms with Crippen LogP contribution in [0.2, 0.25) is 0 Å². The van der Waals surface area contributed by atoms with E-state index < -0.39 is 29.2 Å². The molecule has 194 valence electrons. The van der Waals surface area contributed by atoms with E-state index in [1.807, 2.05) is 13.0 Å². The summed E-state index contributed by atoms with van der Waals surface area (Å²) >= 11 is 0. The number of methoxy groups -OCH3 is 1. The SMILES string of the molecule is COC(=O)CCOc1cc(C)ccc1COc1ccc(-n2c(=O)cc(C(F)(F)F)n3ccnc23)c(F)c1. The standard InChI is InChI=1S/C25H21F4N3O5/c1-15-3-4-16(20(11-15)36-10-7-23(34)35-2)14-37-17-5-6-19(18(26)12-17)32-22(33)13-21(25(27,28)29)31-9-8-30-24(31)32/h3-6,8-9,11-13H,7,10,14H2,1-2H3. The summed E-state index contributed by atoms with van der Waals surface area (Å²) in [7, 11) is 1.28. The fraction of sp³-hybridized carbons (Fsp3) is 0.240. The molecule has 8 nitrogen and oxygen atoms in total. The summed E-state index contributed by atoms with van der Waals surface area (Å²) in [5.74, 6) is -1.11. The zero-order chi connectivity index (χ0) is 26.7. The minimum absolute atomic E-state index is 0.00262. The normalized spacial score (nSPS) is 11.5. The third kappa shape index (κ3) is 5.57. The molecule has 4 rings (SSSR count). The number of halogens is 4. The second kappa shape index (κ2) is 10.3. The van der Waals surface area contributed by atoms with Crippen molar-refractivity contribution in [3.8, 4) is 17.2 Å². The van der Waals surface area contributed by atoms with E-state index in [-0.39, 0.29) is 36.8 Å². The highest BCUT2D eigenvalue weighted by molar-refractivity contribution is 5.69. The highest BCUT2D eigenvalue weighted by Gasteiger charge is 2.35. The van der Waals surface area contributed by atoms with Crippen molar-refractivity contribution in [3.63, 3.8) is 0 Å². The number of aromatic nitrogens is 3. The monoisotopic (exact) mass is 519 g/mol. The lowest BCUT2D eigenvalue weighted by Gasteiger charge is -2.15. The van der Waals surface area contributed by atoms with Crippen molar-refractivity contribution in [2.45, 2.75) is 26.1 Å². The van der Waals surface area contributed by atoms with Gasteiger partial charge in [-0.3, -0.25) is 14.0 Å². The number of rotatable bonds is 8. The van der Waals surface area contributed by atoms with E-state index in [0.29, 0.717) is 21.8 Å². The van der Waals surface area contributed by atoms with E-state index in [1.165, 1.54) is 19.2 Å². The summed E-state index contributed by atoms with van der Waals surface area (Å²) in [5.41, 5.74) is -1.04. The van der Waals surface area contributed by atoms with Crippen LogP contribution in [0.4, 0.5) is 17.6 Å². The van der Waals surface area contributed by atoms with Gasteiger partial charge in [0.2, 0.25) is 5.78 Å². The van der Waals surface area contributed by atoms with Gasteiger partial charge in [0.05, 0.1) is 25.8 Å². The smallest absolute Gasteiger partial charge is 0.432 e. The molecule has 0 saturated carbocycles. The van der Waals surface area contributed by atoms with Crippen molar-refractivity contribution in [2.75, 3.05) is 13.7 Å². The van der Waals surface area contributed by atoms with Gasteiger partial charge in [0, 0.05) is 30.1 Å². The maximum atomic E-state index is 15.1. The highest BCUT2D eigenvalue weighted by atomic mass is 19.4. The van der Waals surface area contributed by atoms with Gasteiger partial charge < -0.3 is 14.2 Å². The van der Waals surface area contributed by atoms with E-state index in [1.54, 1.807) is 12.1 Å². The van der Waals surface area contributed by atoms with Crippen molar-refractivity contribution in [3.05, 3.63) is 87.9 Å². The quantitative estimate of drug-likeness (QED) is 0.252. The molecule has 0 aliphatic rings. The average Bonchev–Trinajstić information content (AvgIpc) is 3.32. The lowest BCUT2D eigenvalue weighted by molar-refractivity contribution is -0.142. The van der Waals surface area contributed by atoms with Crippen molar-refractivity contribution in [2.24, 2.45) is 0 Å². The molecule has 12 heteroatoms. The Labute approximate surface area is 207 Å². The second-order valence-electron chi connectivity index (χ2n) is 7.99. The third-order valence-corrected chi connectivity index (χ3v) is 5.42. The molecule has 0 spiro atoms. The Hall–Kier alpha value is -4.35. The van der Waals surface area contributed by atoms with Crippen LogP contribution in [0.5, 0.6) is 11.5 Å². The van der Waals surface area contributed by atoms with Crippen LogP contribution in [0.15, 0.2) is 59.7 Å². The van der Waals surface area contributed by atoms with Gasteiger partial charge in [0.15, 0.2) is 5.82 Å². The molecule has 0 amide bonds. The summed E-state index contributed by atoms with van der Waals surface area (Å²) in [5, 5.41) is 0. The topological polar surface area (TPSA) is 84.1 Å². The van der Waals surface area contributed by atoms with Gasteiger partial charge in [0.25, 0.3) is 5.56 Å². The number of aryl methyl sites for hydroxylation is 1. The average molecular weight is 519 g/mol. The first-order valence-electron chi connectivity index (χ1n) is 11.0. The Morgan fingerprint density at radius 2 is 1.86 bits per heavy atom. The third-order valence-electron chi connectivity index (χ3n) is 5.42. The molecule has 0 fully saturated rings. The van der Waals surface area contributed by atoms with Gasteiger partial charge in [-0.2, -0.15) is 13.2 Å². The number of hydrogen-bond donors (Lipinski definition) is 0. The summed E-state index contributed by atoms with van der Waals surface area (Å²) in [4.78, 5) is 27.7.